The van der Waals surface area contributed by atoms with Gasteiger partial charge in [-0.15, -0.1) is 0 Å². The molecule has 0 aromatic rings. The molecule has 1 aliphatic heterocycles. The van der Waals surface area contributed by atoms with Gasteiger partial charge in [-0.05, 0) is 32.6 Å². The molecular weight excluding hydrogens is 174 g/mol. The Kier molecular flexibility index (Phi) is 3.73. The Hall–Kier alpha value is -0.790. The largest absolute Gasteiger partial charge is 0.336 e. The molecule has 0 saturated carbocycles. The third-order valence-electron chi connectivity index (χ3n) is 2.79. The molecule has 0 spiro atoms. The topological polar surface area (TPSA) is 20.3 Å². The van der Waals surface area contributed by atoms with Gasteiger partial charge in [0.05, 0.1) is 0 Å². The summed E-state index contributed by atoms with van der Waals surface area (Å²) < 4.78 is 0. The van der Waals surface area contributed by atoms with Crippen LogP contribution in [0.25, 0.3) is 0 Å². The fourth-order valence-electron chi connectivity index (χ4n) is 2.14. The van der Waals surface area contributed by atoms with Crippen LogP contribution in [0.5, 0.6) is 0 Å². The Morgan fingerprint density at radius 2 is 2.14 bits per heavy atom. The molecule has 14 heavy (non-hydrogen) atoms. The van der Waals surface area contributed by atoms with E-state index in [-0.39, 0.29) is 5.91 Å². The molecule has 2 unspecified atom stereocenters. The van der Waals surface area contributed by atoms with E-state index < -0.39 is 0 Å². The second-order valence-corrected chi connectivity index (χ2v) is 4.62. The fraction of sp³-hybridized carbons (Fsp3) is 0.750. The molecule has 80 valence electrons. The van der Waals surface area contributed by atoms with Crippen LogP contribution < -0.4 is 0 Å². The third-order valence-corrected chi connectivity index (χ3v) is 2.79. The summed E-state index contributed by atoms with van der Waals surface area (Å²) in [6, 6.07) is 0.466. The molecule has 2 heteroatoms. The van der Waals surface area contributed by atoms with Crippen LogP contribution in [0.15, 0.2) is 11.6 Å². The quantitative estimate of drug-likeness (QED) is 0.620. The van der Waals surface area contributed by atoms with Gasteiger partial charge in [-0.25, -0.2) is 0 Å². The van der Waals surface area contributed by atoms with Gasteiger partial charge in [-0.3, -0.25) is 4.79 Å². The minimum Gasteiger partial charge on any atom is -0.336 e. The van der Waals surface area contributed by atoms with Crippen molar-refractivity contribution >= 4 is 5.91 Å². The molecule has 0 aromatic heterocycles. The van der Waals surface area contributed by atoms with Crippen LogP contribution in [-0.4, -0.2) is 23.4 Å². The fourth-order valence-corrected chi connectivity index (χ4v) is 2.14. The zero-order valence-corrected chi connectivity index (χ0v) is 9.71. The minimum absolute atomic E-state index is 0.196. The van der Waals surface area contributed by atoms with Crippen molar-refractivity contribution in [2.45, 2.75) is 46.6 Å². The number of carbonyl (C=O) groups excluding carboxylic acids is 1. The molecular formula is C12H21NO. The summed E-state index contributed by atoms with van der Waals surface area (Å²) in [5.74, 6) is 0.857. The van der Waals surface area contributed by atoms with E-state index >= 15 is 0 Å². The van der Waals surface area contributed by atoms with Crippen molar-refractivity contribution in [3.63, 3.8) is 0 Å². The summed E-state index contributed by atoms with van der Waals surface area (Å²) in [6.07, 6.45) is 3.99. The van der Waals surface area contributed by atoms with Crippen molar-refractivity contribution in [2.24, 2.45) is 5.92 Å². The van der Waals surface area contributed by atoms with Crippen LogP contribution in [0.3, 0.4) is 0 Å². The van der Waals surface area contributed by atoms with Gasteiger partial charge in [-0.1, -0.05) is 19.4 Å². The highest BCUT2D eigenvalue weighted by molar-refractivity contribution is 5.88. The standard InChI is InChI=1S/C12H21NO/c1-5-11-7-10(4)8-13(11)12(14)6-9(2)3/h6,10-11H,5,7-8H2,1-4H3. The van der Waals surface area contributed by atoms with Crippen LogP contribution in [0.4, 0.5) is 0 Å². The molecule has 0 aromatic carbocycles. The number of amides is 1. The lowest BCUT2D eigenvalue weighted by Gasteiger charge is -2.22. The number of allylic oxidation sites excluding steroid dienone is 1. The number of carbonyl (C=O) groups is 1. The van der Waals surface area contributed by atoms with Crippen LogP contribution in [0.2, 0.25) is 0 Å². The Morgan fingerprint density at radius 3 is 2.64 bits per heavy atom. The maximum atomic E-state index is 11.8. The monoisotopic (exact) mass is 195 g/mol. The predicted octanol–water partition coefficient (Wildman–Crippen LogP) is 2.60. The Morgan fingerprint density at radius 1 is 1.50 bits per heavy atom. The molecule has 1 rings (SSSR count). The van der Waals surface area contributed by atoms with E-state index in [0.29, 0.717) is 12.0 Å². The summed E-state index contributed by atoms with van der Waals surface area (Å²) in [4.78, 5) is 13.8. The molecule has 1 fully saturated rings. The number of hydrogen-bond acceptors (Lipinski definition) is 1. The van der Waals surface area contributed by atoms with Gasteiger partial charge in [0.25, 0.3) is 0 Å². The van der Waals surface area contributed by atoms with E-state index in [1.165, 1.54) is 6.42 Å². The highest BCUT2D eigenvalue weighted by Crippen LogP contribution is 2.25. The van der Waals surface area contributed by atoms with Crippen LogP contribution in [-0.2, 0) is 4.79 Å². The van der Waals surface area contributed by atoms with Crippen LogP contribution >= 0.6 is 0 Å². The second-order valence-electron chi connectivity index (χ2n) is 4.62. The van der Waals surface area contributed by atoms with Crippen molar-refractivity contribution in [1.82, 2.24) is 4.90 Å². The molecule has 2 nitrogen and oxygen atoms in total. The molecule has 0 N–H and O–H groups in total. The molecule has 0 aliphatic carbocycles. The van der Waals surface area contributed by atoms with Gasteiger partial charge in [0.2, 0.25) is 5.91 Å². The average Bonchev–Trinajstić information content (AvgIpc) is 2.45. The summed E-state index contributed by atoms with van der Waals surface area (Å²) in [6.45, 7) is 9.25. The Balaban J connectivity index is 2.67. The lowest BCUT2D eigenvalue weighted by atomic mass is 10.1. The van der Waals surface area contributed by atoms with E-state index in [9.17, 15) is 4.79 Å². The molecule has 1 amide bonds. The Labute approximate surface area is 87.0 Å². The molecule has 0 radical (unpaired) electrons. The second kappa shape index (κ2) is 4.63. The zero-order valence-electron chi connectivity index (χ0n) is 9.71. The van der Waals surface area contributed by atoms with Gasteiger partial charge in [0.15, 0.2) is 0 Å². The molecule has 1 heterocycles. The van der Waals surface area contributed by atoms with Crippen LogP contribution in [0, 0.1) is 5.92 Å². The van der Waals surface area contributed by atoms with Crippen molar-refractivity contribution in [3.05, 3.63) is 11.6 Å². The van der Waals surface area contributed by atoms with E-state index in [4.69, 9.17) is 0 Å². The number of hydrogen-bond donors (Lipinski definition) is 0. The SMILES string of the molecule is CCC1CC(C)CN1C(=O)C=C(C)C. The number of likely N-dealkylation sites (tertiary alicyclic amines) is 1. The van der Waals surface area contributed by atoms with Crippen molar-refractivity contribution in [3.8, 4) is 0 Å². The molecule has 2 atom stereocenters. The summed E-state index contributed by atoms with van der Waals surface area (Å²) in [5, 5.41) is 0. The van der Waals surface area contributed by atoms with Gasteiger partial charge < -0.3 is 4.90 Å². The molecule has 0 bridgehead atoms. The third kappa shape index (κ3) is 2.60. The first-order valence-electron chi connectivity index (χ1n) is 5.50. The highest BCUT2D eigenvalue weighted by atomic mass is 16.2. The van der Waals surface area contributed by atoms with Crippen molar-refractivity contribution in [2.75, 3.05) is 6.54 Å². The molecule has 1 saturated heterocycles. The average molecular weight is 195 g/mol. The van der Waals surface area contributed by atoms with Crippen molar-refractivity contribution < 1.29 is 4.79 Å². The van der Waals surface area contributed by atoms with Gasteiger partial charge in [-0.2, -0.15) is 0 Å². The highest BCUT2D eigenvalue weighted by Gasteiger charge is 2.30. The minimum atomic E-state index is 0.196. The zero-order chi connectivity index (χ0) is 10.7. The molecule has 1 aliphatic rings. The Bertz CT molecular complexity index is 241. The van der Waals surface area contributed by atoms with Crippen LogP contribution in [0.1, 0.15) is 40.5 Å². The number of rotatable bonds is 2. The summed E-state index contributed by atoms with van der Waals surface area (Å²) in [5.41, 5.74) is 1.09. The smallest absolute Gasteiger partial charge is 0.246 e. The van der Waals surface area contributed by atoms with E-state index in [0.717, 1.165) is 18.5 Å². The maximum absolute atomic E-state index is 11.8. The lowest BCUT2D eigenvalue weighted by molar-refractivity contribution is -0.127. The van der Waals surface area contributed by atoms with Gasteiger partial charge in [0, 0.05) is 18.7 Å². The van der Waals surface area contributed by atoms with E-state index in [2.05, 4.69) is 13.8 Å². The first-order valence-corrected chi connectivity index (χ1v) is 5.50. The van der Waals surface area contributed by atoms with E-state index in [1.807, 2.05) is 18.7 Å². The van der Waals surface area contributed by atoms with E-state index in [1.54, 1.807) is 6.08 Å². The van der Waals surface area contributed by atoms with Gasteiger partial charge in [0.1, 0.15) is 0 Å². The number of nitrogens with zero attached hydrogens (tertiary/aromatic N) is 1. The van der Waals surface area contributed by atoms with Gasteiger partial charge >= 0.3 is 0 Å². The maximum Gasteiger partial charge on any atom is 0.246 e. The summed E-state index contributed by atoms with van der Waals surface area (Å²) in [7, 11) is 0. The first-order chi connectivity index (χ1) is 6.54. The van der Waals surface area contributed by atoms with Crippen molar-refractivity contribution in [1.29, 1.82) is 0 Å². The lowest BCUT2D eigenvalue weighted by Crippen LogP contribution is -2.34. The predicted molar refractivity (Wildman–Crippen MR) is 59.0 cm³/mol. The summed E-state index contributed by atoms with van der Waals surface area (Å²) >= 11 is 0. The normalized spacial score (nSPS) is 26.4. The first kappa shape index (κ1) is 11.3.